The Kier molecular flexibility index (Phi) is 6.42. The molecule has 1 saturated heterocycles. The first-order chi connectivity index (χ1) is 14.9. The summed E-state index contributed by atoms with van der Waals surface area (Å²) in [7, 11) is 1.67. The predicted molar refractivity (Wildman–Crippen MR) is 122 cm³/mol. The van der Waals surface area contributed by atoms with Gasteiger partial charge in [-0.05, 0) is 62.0 Å². The molecule has 31 heavy (non-hydrogen) atoms. The number of fused-ring (bicyclic) bond motifs is 1. The highest BCUT2D eigenvalue weighted by atomic mass is 32.2. The Hall–Kier alpha value is -2.28. The summed E-state index contributed by atoms with van der Waals surface area (Å²) in [6.45, 7) is 5.07. The molecule has 3 aliphatic rings. The number of nitrogens with zero attached hydrogens (tertiary/aromatic N) is 2. The fraction of sp³-hybridized carbons (Fsp3) is 0.542. The number of hydrogen-bond acceptors (Lipinski definition) is 4. The van der Waals surface area contributed by atoms with E-state index >= 15 is 0 Å². The molecule has 7 heteroatoms. The monoisotopic (exact) mass is 441 g/mol. The van der Waals surface area contributed by atoms with Crippen LogP contribution in [0.4, 0.5) is 4.79 Å². The molecule has 0 radical (unpaired) electrons. The van der Waals surface area contributed by atoms with Crippen LogP contribution in [0.1, 0.15) is 42.4 Å². The summed E-state index contributed by atoms with van der Waals surface area (Å²) >= 11 is 1.51. The third-order valence-electron chi connectivity index (χ3n) is 6.91. The van der Waals surface area contributed by atoms with Gasteiger partial charge in [0, 0.05) is 26.1 Å². The van der Waals surface area contributed by atoms with Gasteiger partial charge in [-0.15, -0.1) is 11.8 Å². The van der Waals surface area contributed by atoms with E-state index in [-0.39, 0.29) is 41.0 Å². The second-order valence-corrected chi connectivity index (χ2v) is 10.0. The lowest BCUT2D eigenvalue weighted by Gasteiger charge is -2.43. The summed E-state index contributed by atoms with van der Waals surface area (Å²) in [6.07, 6.45) is 5.35. The Morgan fingerprint density at radius 1 is 1.16 bits per heavy atom. The van der Waals surface area contributed by atoms with Crippen LogP contribution in [0, 0.1) is 25.7 Å². The highest BCUT2D eigenvalue weighted by Gasteiger charge is 2.47. The van der Waals surface area contributed by atoms with E-state index in [0.717, 1.165) is 36.8 Å². The van der Waals surface area contributed by atoms with Crippen LogP contribution in [0.3, 0.4) is 0 Å². The molecule has 0 aromatic heterocycles. The maximum Gasteiger partial charge on any atom is 0.327 e. The number of thioether (sulfide) groups is 1. The van der Waals surface area contributed by atoms with Gasteiger partial charge in [-0.3, -0.25) is 14.5 Å². The van der Waals surface area contributed by atoms with E-state index in [2.05, 4.69) is 37.4 Å². The molecule has 0 spiro atoms. The number of imide groups is 1. The van der Waals surface area contributed by atoms with Gasteiger partial charge in [-0.1, -0.05) is 29.8 Å². The lowest BCUT2D eigenvalue weighted by molar-refractivity contribution is -0.132. The number of aryl methyl sites for hydroxylation is 2. The molecule has 1 aromatic carbocycles. The number of nitrogens with one attached hydrogen (secondary N) is 1. The minimum absolute atomic E-state index is 0.0498. The van der Waals surface area contributed by atoms with Crippen molar-refractivity contribution in [1.29, 1.82) is 0 Å². The molecular formula is C24H31N3O3S. The number of carbonyl (C=O) groups is 3. The van der Waals surface area contributed by atoms with Crippen LogP contribution in [-0.4, -0.2) is 52.5 Å². The van der Waals surface area contributed by atoms with Crippen LogP contribution in [0.2, 0.25) is 0 Å². The molecule has 6 nitrogen and oxygen atoms in total. The molecule has 1 saturated carbocycles. The minimum atomic E-state index is -0.259. The highest BCUT2D eigenvalue weighted by molar-refractivity contribution is 8.03. The van der Waals surface area contributed by atoms with Crippen LogP contribution in [-0.2, 0) is 16.1 Å². The average molecular weight is 442 g/mol. The third-order valence-corrected chi connectivity index (χ3v) is 8.00. The van der Waals surface area contributed by atoms with Crippen LogP contribution >= 0.6 is 11.8 Å². The predicted octanol–water partition coefficient (Wildman–Crippen LogP) is 3.62. The second kappa shape index (κ2) is 9.07. The second-order valence-electron chi connectivity index (χ2n) is 9.00. The van der Waals surface area contributed by atoms with Crippen LogP contribution in [0.15, 0.2) is 29.7 Å². The van der Waals surface area contributed by atoms with E-state index in [9.17, 15) is 14.4 Å². The van der Waals surface area contributed by atoms with Crippen molar-refractivity contribution in [3.05, 3.63) is 46.4 Å². The van der Waals surface area contributed by atoms with E-state index in [1.807, 2.05) is 16.4 Å². The van der Waals surface area contributed by atoms with Gasteiger partial charge in [0.1, 0.15) is 5.25 Å². The van der Waals surface area contributed by atoms with E-state index in [4.69, 9.17) is 0 Å². The van der Waals surface area contributed by atoms with Gasteiger partial charge in [0.05, 0.1) is 6.04 Å². The number of urea groups is 1. The number of amides is 4. The van der Waals surface area contributed by atoms with Gasteiger partial charge in [0.2, 0.25) is 11.8 Å². The van der Waals surface area contributed by atoms with Gasteiger partial charge in [0.15, 0.2) is 0 Å². The van der Waals surface area contributed by atoms with E-state index in [1.165, 1.54) is 22.2 Å². The zero-order valence-electron chi connectivity index (χ0n) is 18.5. The Morgan fingerprint density at radius 3 is 2.61 bits per heavy atom. The highest BCUT2D eigenvalue weighted by Crippen LogP contribution is 2.37. The van der Waals surface area contributed by atoms with Crippen LogP contribution in [0.25, 0.3) is 0 Å². The molecule has 2 fully saturated rings. The summed E-state index contributed by atoms with van der Waals surface area (Å²) in [4.78, 5) is 41.9. The molecule has 2 unspecified atom stereocenters. The maximum atomic E-state index is 13.5. The van der Waals surface area contributed by atoms with Gasteiger partial charge in [-0.25, -0.2) is 4.79 Å². The molecule has 2 atom stereocenters. The van der Waals surface area contributed by atoms with Crippen molar-refractivity contribution in [1.82, 2.24) is 15.1 Å². The lowest BCUT2D eigenvalue weighted by Crippen LogP contribution is -2.62. The first-order valence-electron chi connectivity index (χ1n) is 11.1. The summed E-state index contributed by atoms with van der Waals surface area (Å²) in [5.41, 5.74) is 3.44. The SMILES string of the molecule is CNC(=O)C1CCC(CN2C(=O)C3SC=CC3N(Cc3cc(C)ccc3C)C2=O)CC1. The van der Waals surface area contributed by atoms with E-state index in [0.29, 0.717) is 13.1 Å². The maximum absolute atomic E-state index is 13.5. The lowest BCUT2D eigenvalue weighted by atomic mass is 9.81. The Bertz CT molecular complexity index is 907. The Balaban J connectivity index is 1.50. The van der Waals surface area contributed by atoms with Gasteiger partial charge in [-0.2, -0.15) is 0 Å². The van der Waals surface area contributed by atoms with Crippen LogP contribution in [0.5, 0.6) is 0 Å². The first-order valence-corrected chi connectivity index (χ1v) is 12.0. The molecule has 2 heterocycles. The summed E-state index contributed by atoms with van der Waals surface area (Å²) in [5, 5.41) is 4.43. The molecule has 1 aliphatic carbocycles. The summed E-state index contributed by atoms with van der Waals surface area (Å²) < 4.78 is 0. The Morgan fingerprint density at radius 2 is 1.90 bits per heavy atom. The minimum Gasteiger partial charge on any atom is -0.359 e. The number of carbonyl (C=O) groups excluding carboxylic acids is 3. The molecular weight excluding hydrogens is 410 g/mol. The molecule has 4 amide bonds. The van der Waals surface area contributed by atoms with Gasteiger partial charge in [0.25, 0.3) is 0 Å². The van der Waals surface area contributed by atoms with E-state index in [1.54, 1.807) is 7.05 Å². The number of benzene rings is 1. The fourth-order valence-corrected chi connectivity index (χ4v) is 6.02. The standard InChI is InChI=1S/C24H31N3O3S/c1-15-4-5-16(2)19(12-15)14-26-20-10-11-31-21(20)23(29)27(24(26)30)13-17-6-8-18(9-7-17)22(28)25-3/h4-5,10-12,17-18,20-21H,6-9,13-14H2,1-3H3,(H,25,28). The largest absolute Gasteiger partial charge is 0.359 e. The van der Waals surface area contributed by atoms with Gasteiger partial charge >= 0.3 is 6.03 Å². The first kappa shape index (κ1) is 21.9. The molecule has 4 rings (SSSR count). The molecule has 166 valence electrons. The smallest absolute Gasteiger partial charge is 0.327 e. The molecule has 2 aliphatic heterocycles. The Labute approximate surface area is 188 Å². The quantitative estimate of drug-likeness (QED) is 0.758. The third kappa shape index (κ3) is 4.38. The summed E-state index contributed by atoms with van der Waals surface area (Å²) in [6, 6.07) is 5.92. The van der Waals surface area contributed by atoms with Crippen LogP contribution < -0.4 is 5.32 Å². The van der Waals surface area contributed by atoms with Crippen molar-refractivity contribution in [2.75, 3.05) is 13.6 Å². The average Bonchev–Trinajstić information content (AvgIpc) is 3.26. The van der Waals surface area contributed by atoms with E-state index < -0.39 is 0 Å². The topological polar surface area (TPSA) is 69.7 Å². The van der Waals surface area contributed by atoms with Crippen molar-refractivity contribution in [2.45, 2.75) is 57.4 Å². The van der Waals surface area contributed by atoms with Crippen molar-refractivity contribution in [2.24, 2.45) is 11.8 Å². The van der Waals surface area contributed by atoms with Crippen molar-refractivity contribution in [3.8, 4) is 0 Å². The van der Waals surface area contributed by atoms with Crippen molar-refractivity contribution < 1.29 is 14.4 Å². The molecule has 0 bridgehead atoms. The molecule has 1 aromatic rings. The fourth-order valence-electron chi connectivity index (χ4n) is 4.96. The summed E-state index contributed by atoms with van der Waals surface area (Å²) in [5.74, 6) is 0.330. The number of hydrogen-bond donors (Lipinski definition) is 1. The number of rotatable bonds is 5. The normalized spacial score (nSPS) is 28.1. The zero-order chi connectivity index (χ0) is 22.1. The zero-order valence-corrected chi connectivity index (χ0v) is 19.3. The van der Waals surface area contributed by atoms with Crippen molar-refractivity contribution in [3.63, 3.8) is 0 Å². The molecule has 1 N–H and O–H groups in total. The van der Waals surface area contributed by atoms with Gasteiger partial charge < -0.3 is 10.2 Å². The van der Waals surface area contributed by atoms with Crippen molar-refractivity contribution >= 4 is 29.6 Å².